The van der Waals surface area contributed by atoms with Gasteiger partial charge in [-0.05, 0) is 6.42 Å². The van der Waals surface area contributed by atoms with E-state index in [1.165, 1.54) is 6.08 Å². The topological polar surface area (TPSA) is 78.2 Å². The highest BCUT2D eigenvalue weighted by molar-refractivity contribution is 5.85. The van der Waals surface area contributed by atoms with Crippen molar-refractivity contribution in [1.29, 1.82) is 5.26 Å². The first-order valence-electron chi connectivity index (χ1n) is 3.84. The lowest BCUT2D eigenvalue weighted by atomic mass is 9.98. The second-order valence-electron chi connectivity index (χ2n) is 2.64. The molecule has 4 nitrogen and oxygen atoms in total. The molecule has 0 fully saturated rings. The van der Waals surface area contributed by atoms with Crippen LogP contribution in [0.5, 0.6) is 0 Å². The number of carbonyl (C=O) groups is 2. The number of hydrogen-bond acceptors (Lipinski definition) is 3. The molecule has 0 aromatic rings. The van der Waals surface area contributed by atoms with Crippen LogP contribution in [0.2, 0.25) is 0 Å². The predicted octanol–water partition coefficient (Wildman–Crippen LogP) is 1.14. The lowest BCUT2D eigenvalue weighted by Crippen LogP contribution is -2.17. The Morgan fingerprint density at radius 1 is 1.62 bits per heavy atom. The van der Waals surface area contributed by atoms with Gasteiger partial charge in [-0.2, -0.15) is 5.26 Å². The van der Waals surface area contributed by atoms with Crippen LogP contribution in [-0.2, 0) is 9.59 Å². The molecule has 13 heavy (non-hydrogen) atoms. The molecule has 1 atom stereocenters. The number of carboxylic acids is 1. The molecule has 4 heteroatoms. The van der Waals surface area contributed by atoms with Crippen LogP contribution in [0.25, 0.3) is 0 Å². The largest absolute Gasteiger partial charge is 0.481 e. The predicted molar refractivity (Wildman–Crippen MR) is 45.8 cm³/mol. The van der Waals surface area contributed by atoms with Gasteiger partial charge in [-0.15, -0.1) is 6.58 Å². The minimum Gasteiger partial charge on any atom is -0.481 e. The number of aliphatic carboxylic acids is 1. The molecule has 0 aromatic carbocycles. The average Bonchev–Trinajstić information content (AvgIpc) is 2.04. The van der Waals surface area contributed by atoms with Crippen LogP contribution in [0.3, 0.4) is 0 Å². The van der Waals surface area contributed by atoms with E-state index in [1.54, 1.807) is 6.07 Å². The van der Waals surface area contributed by atoms with Gasteiger partial charge in [0, 0.05) is 6.42 Å². The number of carbonyl (C=O) groups excluding carboxylic acids is 1. The molecule has 0 aliphatic heterocycles. The molecule has 0 aliphatic rings. The summed E-state index contributed by atoms with van der Waals surface area (Å²) in [5, 5.41) is 16.8. The van der Waals surface area contributed by atoms with Crippen LogP contribution in [0, 0.1) is 17.2 Å². The molecule has 0 amide bonds. The number of carboxylic acid groups (broad SMARTS) is 1. The fourth-order valence-electron chi connectivity index (χ4n) is 0.908. The first kappa shape index (κ1) is 11.4. The Morgan fingerprint density at radius 3 is 2.62 bits per heavy atom. The quantitative estimate of drug-likeness (QED) is 0.623. The average molecular weight is 181 g/mol. The maximum Gasteiger partial charge on any atom is 0.307 e. The summed E-state index contributed by atoms with van der Waals surface area (Å²) in [5.41, 5.74) is 0. The Hall–Kier alpha value is -1.63. The zero-order valence-corrected chi connectivity index (χ0v) is 7.19. The fraction of sp³-hybridized carbons (Fsp3) is 0.444. The number of Topliss-reactive ketones (excluding diaryl/α,β-unsaturated/α-hetero) is 1. The molecule has 0 rings (SSSR count). The normalized spacial score (nSPS) is 11.3. The van der Waals surface area contributed by atoms with Crippen LogP contribution in [-0.4, -0.2) is 16.9 Å². The monoisotopic (exact) mass is 181 g/mol. The third kappa shape index (κ3) is 4.75. The zero-order chi connectivity index (χ0) is 10.3. The summed E-state index contributed by atoms with van der Waals surface area (Å²) in [6.07, 6.45) is 1.40. The summed E-state index contributed by atoms with van der Waals surface area (Å²) >= 11 is 0. The van der Waals surface area contributed by atoms with Crippen molar-refractivity contribution in [2.45, 2.75) is 19.3 Å². The van der Waals surface area contributed by atoms with Crippen molar-refractivity contribution in [3.8, 4) is 6.07 Å². The number of ketones is 1. The summed E-state index contributed by atoms with van der Waals surface area (Å²) in [4.78, 5) is 21.5. The number of nitriles is 1. The van der Waals surface area contributed by atoms with Gasteiger partial charge < -0.3 is 5.11 Å². The first-order chi connectivity index (χ1) is 6.11. The zero-order valence-electron chi connectivity index (χ0n) is 7.19. The Morgan fingerprint density at radius 2 is 2.23 bits per heavy atom. The van der Waals surface area contributed by atoms with Gasteiger partial charge in [0.2, 0.25) is 0 Å². The second-order valence-corrected chi connectivity index (χ2v) is 2.64. The van der Waals surface area contributed by atoms with Crippen LogP contribution in [0.4, 0.5) is 0 Å². The molecule has 0 heterocycles. The van der Waals surface area contributed by atoms with Crippen molar-refractivity contribution in [1.82, 2.24) is 0 Å². The van der Waals surface area contributed by atoms with E-state index in [2.05, 4.69) is 6.58 Å². The lowest BCUT2D eigenvalue weighted by Gasteiger charge is -2.06. The highest BCUT2D eigenvalue weighted by Gasteiger charge is 2.19. The summed E-state index contributed by atoms with van der Waals surface area (Å²) < 4.78 is 0. The fourth-order valence-corrected chi connectivity index (χ4v) is 0.908. The standard InChI is InChI=1S/C9H11NO3/c1-2-3-7(9(12)13)6-8(11)4-5-10/h2,7H,1,3-4,6H2,(H,12,13). The van der Waals surface area contributed by atoms with Crippen molar-refractivity contribution in [3.05, 3.63) is 12.7 Å². The van der Waals surface area contributed by atoms with Gasteiger partial charge in [0.25, 0.3) is 0 Å². The van der Waals surface area contributed by atoms with E-state index in [1.807, 2.05) is 0 Å². The number of allylic oxidation sites excluding steroid dienone is 1. The second kappa shape index (κ2) is 5.95. The van der Waals surface area contributed by atoms with Gasteiger partial charge in [-0.1, -0.05) is 6.08 Å². The Balaban J connectivity index is 4.10. The maximum absolute atomic E-state index is 10.9. The minimum atomic E-state index is -1.02. The van der Waals surface area contributed by atoms with Crippen molar-refractivity contribution >= 4 is 11.8 Å². The lowest BCUT2D eigenvalue weighted by molar-refractivity contribution is -0.143. The molecule has 1 unspecified atom stereocenters. The molecule has 70 valence electrons. The van der Waals surface area contributed by atoms with E-state index in [4.69, 9.17) is 10.4 Å². The SMILES string of the molecule is C=CCC(CC(=O)CC#N)C(=O)O. The minimum absolute atomic E-state index is 0.0884. The summed E-state index contributed by atoms with van der Waals surface area (Å²) in [5.74, 6) is -2.10. The van der Waals surface area contributed by atoms with Gasteiger partial charge in [-0.25, -0.2) is 0 Å². The van der Waals surface area contributed by atoms with Crippen LogP contribution < -0.4 is 0 Å². The molecular weight excluding hydrogens is 170 g/mol. The first-order valence-corrected chi connectivity index (χ1v) is 3.84. The third-order valence-electron chi connectivity index (χ3n) is 1.55. The van der Waals surface area contributed by atoms with Crippen LogP contribution in [0.1, 0.15) is 19.3 Å². The number of nitrogens with zero attached hydrogens (tertiary/aromatic N) is 1. The van der Waals surface area contributed by atoms with E-state index in [0.717, 1.165) is 0 Å². The summed E-state index contributed by atoms with van der Waals surface area (Å²) in [6, 6.07) is 1.69. The van der Waals surface area contributed by atoms with Gasteiger partial charge in [0.15, 0.2) is 0 Å². The Kier molecular flexibility index (Phi) is 5.20. The smallest absolute Gasteiger partial charge is 0.307 e. The van der Waals surface area contributed by atoms with Crippen LogP contribution in [0.15, 0.2) is 12.7 Å². The summed E-state index contributed by atoms with van der Waals surface area (Å²) in [7, 11) is 0. The molecule has 0 saturated heterocycles. The molecule has 1 N–H and O–H groups in total. The van der Waals surface area contributed by atoms with Gasteiger partial charge in [0.05, 0.1) is 18.4 Å². The van der Waals surface area contributed by atoms with Crippen molar-refractivity contribution in [3.63, 3.8) is 0 Å². The van der Waals surface area contributed by atoms with E-state index < -0.39 is 11.9 Å². The van der Waals surface area contributed by atoms with E-state index in [-0.39, 0.29) is 25.0 Å². The van der Waals surface area contributed by atoms with Gasteiger partial charge in [0.1, 0.15) is 5.78 Å². The molecule has 0 bridgehead atoms. The van der Waals surface area contributed by atoms with E-state index in [0.29, 0.717) is 0 Å². The van der Waals surface area contributed by atoms with Gasteiger partial charge in [-0.3, -0.25) is 9.59 Å². The van der Waals surface area contributed by atoms with Gasteiger partial charge >= 0.3 is 5.97 Å². The molecule has 0 saturated carbocycles. The highest BCUT2D eigenvalue weighted by atomic mass is 16.4. The highest BCUT2D eigenvalue weighted by Crippen LogP contribution is 2.10. The van der Waals surface area contributed by atoms with Crippen molar-refractivity contribution in [2.75, 3.05) is 0 Å². The van der Waals surface area contributed by atoms with E-state index >= 15 is 0 Å². The molecular formula is C9H11NO3. The molecule has 0 aliphatic carbocycles. The Labute approximate surface area is 76.5 Å². The molecule has 0 aromatic heterocycles. The molecule has 0 spiro atoms. The maximum atomic E-state index is 10.9. The number of hydrogen-bond donors (Lipinski definition) is 1. The summed E-state index contributed by atoms with van der Waals surface area (Å²) in [6.45, 7) is 3.40. The van der Waals surface area contributed by atoms with Crippen molar-refractivity contribution < 1.29 is 14.7 Å². The van der Waals surface area contributed by atoms with E-state index in [9.17, 15) is 9.59 Å². The van der Waals surface area contributed by atoms with Crippen molar-refractivity contribution in [2.24, 2.45) is 5.92 Å². The molecule has 0 radical (unpaired) electrons. The third-order valence-corrected chi connectivity index (χ3v) is 1.55. The Bertz CT molecular complexity index is 252. The van der Waals surface area contributed by atoms with Crippen LogP contribution >= 0.6 is 0 Å². The number of rotatable bonds is 6.